The highest BCUT2D eigenvalue weighted by molar-refractivity contribution is 5.70. The Morgan fingerprint density at radius 2 is 2.33 bits per heavy atom. The first-order valence-corrected chi connectivity index (χ1v) is 6.04. The lowest BCUT2D eigenvalue weighted by molar-refractivity contribution is 0.405. The molecule has 3 heterocycles. The van der Waals surface area contributed by atoms with E-state index < -0.39 is 0 Å². The standard InChI is InChI=1S/C13H16N2/c1-2-9-5-7-15-12-4-6-14-8-11(12)10(3-1)13(9)15/h1-3,11-12,14H,4-8H2. The summed E-state index contributed by atoms with van der Waals surface area (Å²) < 4.78 is 0. The van der Waals surface area contributed by atoms with Crippen molar-refractivity contribution in [3.05, 3.63) is 29.3 Å². The lowest BCUT2D eigenvalue weighted by Crippen LogP contribution is -2.43. The van der Waals surface area contributed by atoms with E-state index in [0.29, 0.717) is 0 Å². The summed E-state index contributed by atoms with van der Waals surface area (Å²) in [5.41, 5.74) is 4.79. The molecule has 0 saturated carbocycles. The molecular weight excluding hydrogens is 184 g/mol. The molecule has 0 bridgehead atoms. The molecule has 78 valence electrons. The fraction of sp³-hybridized carbons (Fsp3) is 0.538. The Hall–Kier alpha value is -1.02. The molecule has 0 aromatic heterocycles. The molecule has 0 aliphatic carbocycles. The molecule has 2 atom stereocenters. The molecule has 0 amide bonds. The van der Waals surface area contributed by atoms with Crippen LogP contribution in [0.2, 0.25) is 0 Å². The maximum Gasteiger partial charge on any atom is 0.0438 e. The second-order valence-corrected chi connectivity index (χ2v) is 4.97. The molecule has 3 aliphatic heterocycles. The second kappa shape index (κ2) is 2.76. The maximum absolute atomic E-state index is 3.53. The van der Waals surface area contributed by atoms with Crippen LogP contribution in [0.3, 0.4) is 0 Å². The number of nitrogens with zero attached hydrogens (tertiary/aromatic N) is 1. The first-order valence-electron chi connectivity index (χ1n) is 6.04. The van der Waals surface area contributed by atoms with Crippen LogP contribution in [0.25, 0.3) is 0 Å². The summed E-state index contributed by atoms with van der Waals surface area (Å²) in [4.78, 5) is 2.68. The summed E-state index contributed by atoms with van der Waals surface area (Å²) in [6.07, 6.45) is 2.58. The maximum atomic E-state index is 3.53. The molecule has 1 N–H and O–H groups in total. The minimum absolute atomic E-state index is 0.758. The number of rotatable bonds is 0. The van der Waals surface area contributed by atoms with Gasteiger partial charge < -0.3 is 10.2 Å². The summed E-state index contributed by atoms with van der Waals surface area (Å²) in [5.74, 6) is 0.758. The van der Waals surface area contributed by atoms with Crippen LogP contribution in [0.15, 0.2) is 18.2 Å². The van der Waals surface area contributed by atoms with E-state index in [1.54, 1.807) is 16.8 Å². The highest BCUT2D eigenvalue weighted by Crippen LogP contribution is 2.47. The van der Waals surface area contributed by atoms with Crippen molar-refractivity contribution in [1.82, 2.24) is 5.32 Å². The van der Waals surface area contributed by atoms with Crippen LogP contribution in [0, 0.1) is 0 Å². The average molecular weight is 200 g/mol. The third-order valence-corrected chi connectivity index (χ3v) is 4.31. The highest BCUT2D eigenvalue weighted by atomic mass is 15.2. The normalized spacial score (nSPS) is 31.6. The van der Waals surface area contributed by atoms with E-state index in [2.05, 4.69) is 28.4 Å². The van der Waals surface area contributed by atoms with Gasteiger partial charge in [-0.2, -0.15) is 0 Å². The van der Waals surface area contributed by atoms with Crippen molar-refractivity contribution in [3.63, 3.8) is 0 Å². The van der Waals surface area contributed by atoms with E-state index in [4.69, 9.17) is 0 Å². The molecule has 1 fully saturated rings. The van der Waals surface area contributed by atoms with Crippen molar-refractivity contribution >= 4 is 5.69 Å². The van der Waals surface area contributed by atoms with Crippen LogP contribution in [0.1, 0.15) is 23.5 Å². The van der Waals surface area contributed by atoms with E-state index in [1.807, 2.05) is 0 Å². The number of nitrogens with one attached hydrogen (secondary N) is 1. The van der Waals surface area contributed by atoms with Crippen molar-refractivity contribution in [2.45, 2.75) is 24.8 Å². The van der Waals surface area contributed by atoms with Gasteiger partial charge in [0.25, 0.3) is 0 Å². The second-order valence-electron chi connectivity index (χ2n) is 4.97. The zero-order chi connectivity index (χ0) is 9.83. The number of fused-ring (bicyclic) bond motifs is 3. The Bertz CT molecular complexity index is 413. The number of hydrogen-bond acceptors (Lipinski definition) is 2. The molecular formula is C13H16N2. The lowest BCUT2D eigenvalue weighted by Gasteiger charge is -2.32. The van der Waals surface area contributed by atoms with Gasteiger partial charge in [0.15, 0.2) is 0 Å². The molecule has 4 rings (SSSR count). The van der Waals surface area contributed by atoms with Crippen LogP contribution < -0.4 is 10.2 Å². The summed E-state index contributed by atoms with van der Waals surface area (Å²) >= 11 is 0. The van der Waals surface area contributed by atoms with Crippen LogP contribution in [0.4, 0.5) is 5.69 Å². The topological polar surface area (TPSA) is 15.3 Å². The number of para-hydroxylation sites is 1. The largest absolute Gasteiger partial charge is 0.367 e. The lowest BCUT2D eigenvalue weighted by atomic mass is 9.89. The summed E-state index contributed by atoms with van der Waals surface area (Å²) in [6.45, 7) is 3.63. The highest BCUT2D eigenvalue weighted by Gasteiger charge is 2.42. The fourth-order valence-electron chi connectivity index (χ4n) is 3.68. The van der Waals surface area contributed by atoms with Gasteiger partial charge >= 0.3 is 0 Å². The van der Waals surface area contributed by atoms with Crippen molar-refractivity contribution in [2.75, 3.05) is 24.5 Å². The molecule has 0 spiro atoms. The van der Waals surface area contributed by atoms with Gasteiger partial charge in [-0.1, -0.05) is 18.2 Å². The predicted molar refractivity (Wildman–Crippen MR) is 61.5 cm³/mol. The van der Waals surface area contributed by atoms with Gasteiger partial charge in [-0.3, -0.25) is 0 Å². The fourth-order valence-corrected chi connectivity index (χ4v) is 3.68. The van der Waals surface area contributed by atoms with E-state index in [9.17, 15) is 0 Å². The monoisotopic (exact) mass is 200 g/mol. The summed E-state index contributed by atoms with van der Waals surface area (Å²) in [7, 11) is 0. The zero-order valence-corrected chi connectivity index (χ0v) is 8.87. The van der Waals surface area contributed by atoms with Crippen LogP contribution >= 0.6 is 0 Å². The average Bonchev–Trinajstić information content (AvgIpc) is 2.85. The molecule has 2 nitrogen and oxygen atoms in total. The van der Waals surface area contributed by atoms with E-state index >= 15 is 0 Å². The van der Waals surface area contributed by atoms with E-state index in [1.165, 1.54) is 32.5 Å². The van der Waals surface area contributed by atoms with Crippen molar-refractivity contribution < 1.29 is 0 Å². The number of hydrogen-bond donors (Lipinski definition) is 1. The molecule has 2 heteroatoms. The zero-order valence-electron chi connectivity index (χ0n) is 8.87. The van der Waals surface area contributed by atoms with Crippen LogP contribution in [-0.2, 0) is 6.42 Å². The first-order chi connectivity index (χ1) is 7.45. The third kappa shape index (κ3) is 0.932. The molecule has 1 saturated heterocycles. The molecule has 15 heavy (non-hydrogen) atoms. The Morgan fingerprint density at radius 3 is 3.33 bits per heavy atom. The van der Waals surface area contributed by atoms with E-state index in [0.717, 1.165) is 12.0 Å². The Kier molecular flexibility index (Phi) is 1.50. The molecule has 1 aromatic rings. The quantitative estimate of drug-likeness (QED) is 0.683. The molecule has 2 unspecified atom stereocenters. The van der Waals surface area contributed by atoms with Gasteiger partial charge in [0.05, 0.1) is 0 Å². The number of anilines is 1. The van der Waals surface area contributed by atoms with Gasteiger partial charge in [0.1, 0.15) is 0 Å². The first kappa shape index (κ1) is 8.17. The summed E-state index contributed by atoms with van der Waals surface area (Å²) in [6, 6.07) is 7.69. The van der Waals surface area contributed by atoms with Gasteiger partial charge in [-0.25, -0.2) is 0 Å². The SMILES string of the molecule is c1cc2c3c(c1)C1CNCCC1N3CC2. The van der Waals surface area contributed by atoms with Crippen LogP contribution in [0.5, 0.6) is 0 Å². The summed E-state index contributed by atoms with van der Waals surface area (Å²) in [5, 5.41) is 3.53. The molecule has 0 radical (unpaired) electrons. The number of piperidine rings is 1. The van der Waals surface area contributed by atoms with Crippen molar-refractivity contribution in [2.24, 2.45) is 0 Å². The Morgan fingerprint density at radius 1 is 1.33 bits per heavy atom. The van der Waals surface area contributed by atoms with Gasteiger partial charge in [0, 0.05) is 30.7 Å². The van der Waals surface area contributed by atoms with Crippen LogP contribution in [-0.4, -0.2) is 25.7 Å². The minimum atomic E-state index is 0.758. The predicted octanol–water partition coefficient (Wildman–Crippen LogP) is 1.51. The molecule has 3 aliphatic rings. The van der Waals surface area contributed by atoms with Gasteiger partial charge in [0.2, 0.25) is 0 Å². The van der Waals surface area contributed by atoms with E-state index in [-0.39, 0.29) is 0 Å². The smallest absolute Gasteiger partial charge is 0.0438 e. The Balaban J connectivity index is 1.91. The Labute approximate surface area is 90.3 Å². The number of benzene rings is 1. The van der Waals surface area contributed by atoms with Crippen molar-refractivity contribution in [3.8, 4) is 0 Å². The van der Waals surface area contributed by atoms with Crippen molar-refractivity contribution in [1.29, 1.82) is 0 Å². The van der Waals surface area contributed by atoms with Gasteiger partial charge in [-0.15, -0.1) is 0 Å². The molecule has 1 aromatic carbocycles. The minimum Gasteiger partial charge on any atom is -0.367 e. The third-order valence-electron chi connectivity index (χ3n) is 4.31. The van der Waals surface area contributed by atoms with Gasteiger partial charge in [-0.05, 0) is 30.5 Å².